The number of nitrogens with one attached hydrogen (secondary N) is 2. The molecule has 8 nitrogen and oxygen atoms in total. The number of benzene rings is 1. The van der Waals surface area contributed by atoms with Crippen LogP contribution in [-0.4, -0.2) is 40.8 Å². The van der Waals surface area contributed by atoms with Crippen molar-refractivity contribution in [2.75, 3.05) is 5.73 Å². The number of thiazole rings is 1. The lowest BCUT2D eigenvalue weighted by Gasteiger charge is -2.57. The number of anilines is 1. The minimum atomic E-state index is -0.200. The van der Waals surface area contributed by atoms with Gasteiger partial charge in [0.05, 0.1) is 0 Å². The standard InChI is InChI=1S/C24H32N6O2S/c1-13(19-12-33-23(27)29-19)30-32-14(2)20-5-3-15-7-16(4-6-21(15)31-20)22(26)28-18-10-24(11-18)8-17(25)9-24/h4,6-7,12,14,17-18,20H,3,5,8-11,25H2,1-2H3,(H2,26,28)(H2,27,29)/b30-13+. The fraction of sp³-hybridized carbons (Fsp3) is 0.542. The minimum absolute atomic E-state index is 0.0852. The lowest BCUT2D eigenvalue weighted by Crippen LogP contribution is -2.59. The number of aromatic nitrogens is 1. The Kier molecular flexibility index (Phi) is 5.78. The summed E-state index contributed by atoms with van der Waals surface area (Å²) >= 11 is 1.38. The maximum Gasteiger partial charge on any atom is 0.180 e. The quantitative estimate of drug-likeness (QED) is 0.292. The Morgan fingerprint density at radius 3 is 2.85 bits per heavy atom. The van der Waals surface area contributed by atoms with Gasteiger partial charge in [0.15, 0.2) is 11.2 Å². The van der Waals surface area contributed by atoms with Gasteiger partial charge in [0, 0.05) is 23.0 Å². The van der Waals surface area contributed by atoms with E-state index in [1.807, 2.05) is 31.4 Å². The largest absolute Gasteiger partial charge is 0.486 e. The van der Waals surface area contributed by atoms with Gasteiger partial charge in [-0.1, -0.05) is 5.16 Å². The fourth-order valence-electron chi connectivity index (χ4n) is 5.39. The summed E-state index contributed by atoms with van der Waals surface area (Å²) in [6.45, 7) is 3.82. The molecule has 2 aromatic rings. The highest BCUT2D eigenvalue weighted by molar-refractivity contribution is 7.13. The van der Waals surface area contributed by atoms with Crippen LogP contribution in [-0.2, 0) is 11.3 Å². The van der Waals surface area contributed by atoms with Gasteiger partial charge in [-0.2, -0.15) is 0 Å². The van der Waals surface area contributed by atoms with Gasteiger partial charge < -0.3 is 26.4 Å². The van der Waals surface area contributed by atoms with E-state index in [1.165, 1.54) is 11.3 Å². The maximum atomic E-state index is 8.51. The van der Waals surface area contributed by atoms with Crippen LogP contribution in [0.3, 0.4) is 0 Å². The van der Waals surface area contributed by atoms with Crippen LogP contribution in [0.4, 0.5) is 5.13 Å². The van der Waals surface area contributed by atoms with E-state index in [0.29, 0.717) is 34.2 Å². The molecule has 2 aliphatic carbocycles. The lowest BCUT2D eigenvalue weighted by atomic mass is 9.52. The third-order valence-electron chi connectivity index (χ3n) is 7.20. The molecule has 2 unspecified atom stereocenters. The molecule has 1 spiro atoms. The zero-order valence-electron chi connectivity index (χ0n) is 19.1. The summed E-state index contributed by atoms with van der Waals surface area (Å²) in [7, 11) is 0. The number of hydrogen-bond acceptors (Lipinski definition) is 8. The van der Waals surface area contributed by atoms with Crippen molar-refractivity contribution < 1.29 is 9.57 Å². The van der Waals surface area contributed by atoms with Crippen LogP contribution in [0.1, 0.15) is 62.8 Å². The molecule has 3 aliphatic rings. The monoisotopic (exact) mass is 468 g/mol. The van der Waals surface area contributed by atoms with Crippen LogP contribution < -0.4 is 21.5 Å². The number of nitrogen functional groups attached to an aromatic ring is 1. The van der Waals surface area contributed by atoms with Crippen LogP contribution >= 0.6 is 11.3 Å². The molecular weight excluding hydrogens is 436 g/mol. The normalized spacial score (nSPS) is 29.3. The summed E-state index contributed by atoms with van der Waals surface area (Å²) in [4.78, 5) is 9.94. The lowest BCUT2D eigenvalue weighted by molar-refractivity contribution is -0.0203. The molecule has 176 valence electrons. The van der Waals surface area contributed by atoms with Crippen molar-refractivity contribution in [3.05, 3.63) is 40.4 Å². The fourth-order valence-corrected chi connectivity index (χ4v) is 5.99. The highest BCUT2D eigenvalue weighted by atomic mass is 32.1. The minimum Gasteiger partial charge on any atom is -0.486 e. The van der Waals surface area contributed by atoms with Crippen molar-refractivity contribution in [1.82, 2.24) is 10.3 Å². The van der Waals surface area contributed by atoms with Crippen LogP contribution in [0, 0.1) is 10.8 Å². The van der Waals surface area contributed by atoms with Gasteiger partial charge in [0.25, 0.3) is 0 Å². The second kappa shape index (κ2) is 8.61. The Bertz CT molecular complexity index is 1070. The Hall–Kier alpha value is -2.65. The molecule has 6 N–H and O–H groups in total. The number of amidine groups is 1. The average Bonchev–Trinajstić information content (AvgIpc) is 3.20. The third-order valence-corrected chi connectivity index (χ3v) is 7.87. The molecule has 0 bridgehead atoms. The molecule has 0 radical (unpaired) electrons. The molecule has 2 heterocycles. The predicted octanol–water partition coefficient (Wildman–Crippen LogP) is 3.43. The van der Waals surface area contributed by atoms with Crippen molar-refractivity contribution in [2.45, 2.75) is 76.7 Å². The van der Waals surface area contributed by atoms with Gasteiger partial charge >= 0.3 is 0 Å². The topological polar surface area (TPSA) is 132 Å². The molecule has 1 aromatic carbocycles. The van der Waals surface area contributed by atoms with Crippen molar-refractivity contribution in [1.29, 1.82) is 5.41 Å². The van der Waals surface area contributed by atoms with E-state index >= 15 is 0 Å². The van der Waals surface area contributed by atoms with E-state index in [0.717, 1.165) is 61.1 Å². The zero-order valence-corrected chi connectivity index (χ0v) is 20.0. The zero-order chi connectivity index (χ0) is 23.2. The number of rotatable bonds is 6. The van der Waals surface area contributed by atoms with E-state index in [1.54, 1.807) is 0 Å². The highest BCUT2D eigenvalue weighted by Crippen LogP contribution is 2.55. The highest BCUT2D eigenvalue weighted by Gasteiger charge is 2.51. The van der Waals surface area contributed by atoms with Gasteiger partial charge in [-0.3, -0.25) is 5.41 Å². The summed E-state index contributed by atoms with van der Waals surface area (Å²) in [5.74, 6) is 1.35. The maximum absolute atomic E-state index is 8.51. The summed E-state index contributed by atoms with van der Waals surface area (Å²) in [5, 5.41) is 18.5. The number of nitrogens with two attached hydrogens (primary N) is 2. The molecule has 1 aliphatic heterocycles. The molecule has 2 saturated carbocycles. The van der Waals surface area contributed by atoms with Crippen LogP contribution in [0.15, 0.2) is 28.7 Å². The van der Waals surface area contributed by atoms with Gasteiger partial charge in [-0.15, -0.1) is 11.3 Å². The Morgan fingerprint density at radius 1 is 1.36 bits per heavy atom. The first kappa shape index (κ1) is 22.2. The van der Waals surface area contributed by atoms with Crippen molar-refractivity contribution in [3.8, 4) is 5.75 Å². The van der Waals surface area contributed by atoms with Crippen LogP contribution in [0.2, 0.25) is 0 Å². The summed E-state index contributed by atoms with van der Waals surface area (Å²) in [6.07, 6.45) is 5.98. The van der Waals surface area contributed by atoms with Crippen molar-refractivity contribution >= 4 is 28.0 Å². The Labute approximate surface area is 198 Å². The predicted molar refractivity (Wildman–Crippen MR) is 131 cm³/mol. The molecule has 33 heavy (non-hydrogen) atoms. The Morgan fingerprint density at radius 2 is 2.15 bits per heavy atom. The molecule has 2 atom stereocenters. The first-order valence-electron chi connectivity index (χ1n) is 11.6. The number of aryl methyl sites for hydroxylation is 1. The smallest absolute Gasteiger partial charge is 0.180 e. The van der Waals surface area contributed by atoms with Gasteiger partial charge in [0.1, 0.15) is 29.1 Å². The van der Waals surface area contributed by atoms with Crippen LogP contribution in [0.25, 0.3) is 0 Å². The van der Waals surface area contributed by atoms with Gasteiger partial charge in [0.2, 0.25) is 0 Å². The number of nitrogens with zero attached hydrogens (tertiary/aromatic N) is 2. The third kappa shape index (κ3) is 4.56. The molecule has 0 saturated heterocycles. The first-order valence-corrected chi connectivity index (χ1v) is 12.5. The summed E-state index contributed by atoms with van der Waals surface area (Å²) < 4.78 is 6.21. The van der Waals surface area contributed by atoms with Crippen molar-refractivity contribution in [3.63, 3.8) is 0 Å². The van der Waals surface area contributed by atoms with Gasteiger partial charge in [-0.05, 0) is 81.5 Å². The number of oxime groups is 1. The van der Waals surface area contributed by atoms with Crippen LogP contribution in [0.5, 0.6) is 5.75 Å². The van der Waals surface area contributed by atoms with Crippen molar-refractivity contribution in [2.24, 2.45) is 16.3 Å². The van der Waals surface area contributed by atoms with E-state index in [9.17, 15) is 0 Å². The first-order chi connectivity index (χ1) is 15.8. The summed E-state index contributed by atoms with van der Waals surface area (Å²) in [5.41, 5.74) is 15.6. The summed E-state index contributed by atoms with van der Waals surface area (Å²) in [6, 6.07) is 6.79. The SMILES string of the molecule is C/C(=N\OC(C)C1CCc2cc(C(=N)NC3CC4(CC(N)C4)C3)ccc2O1)c1csc(N)n1. The van der Waals surface area contributed by atoms with E-state index in [-0.39, 0.29) is 12.2 Å². The van der Waals surface area contributed by atoms with E-state index < -0.39 is 0 Å². The van der Waals surface area contributed by atoms with E-state index in [2.05, 4.69) is 21.5 Å². The number of fused-ring (bicyclic) bond motifs is 1. The molecule has 2 fully saturated rings. The molecule has 1 aromatic heterocycles. The number of ether oxygens (including phenoxy) is 1. The average molecular weight is 469 g/mol. The molecule has 5 rings (SSSR count). The van der Waals surface area contributed by atoms with E-state index in [4.69, 9.17) is 26.5 Å². The molecular formula is C24H32N6O2S. The number of hydrogen-bond donors (Lipinski definition) is 4. The molecule has 9 heteroatoms. The molecule has 0 amide bonds. The van der Waals surface area contributed by atoms with Gasteiger partial charge in [-0.25, -0.2) is 4.98 Å². The second-order valence-electron chi connectivity index (χ2n) is 9.87. The second-order valence-corrected chi connectivity index (χ2v) is 10.8. The Balaban J connectivity index is 1.14.